The topological polar surface area (TPSA) is 69.6 Å². The van der Waals surface area contributed by atoms with Crippen LogP contribution in [0, 0.1) is 0 Å². The molecule has 80 valence electrons. The smallest absolute Gasteiger partial charge is 0.405 e. The number of carbonyl (C=O) groups excluding carboxylic acids is 1. The van der Waals surface area contributed by atoms with Gasteiger partial charge in [-0.05, 0) is 26.2 Å². The third-order valence-electron chi connectivity index (χ3n) is 2.38. The quantitative estimate of drug-likeness (QED) is 0.687. The summed E-state index contributed by atoms with van der Waals surface area (Å²) < 4.78 is 0. The van der Waals surface area contributed by atoms with E-state index in [4.69, 9.17) is 5.11 Å². The summed E-state index contributed by atoms with van der Waals surface area (Å²) in [7, 11) is 0. The molecule has 2 N–H and O–H groups in total. The first-order valence-electron chi connectivity index (χ1n) is 4.89. The number of piperidine rings is 1. The molecule has 2 amide bonds. The maximum atomic E-state index is 11.6. The van der Waals surface area contributed by atoms with Crippen LogP contribution < -0.4 is 5.32 Å². The van der Waals surface area contributed by atoms with E-state index in [0.29, 0.717) is 0 Å². The predicted octanol–water partition coefficient (Wildman–Crippen LogP) is 0.655. The van der Waals surface area contributed by atoms with E-state index in [1.54, 1.807) is 11.8 Å². The van der Waals surface area contributed by atoms with Crippen molar-refractivity contribution in [2.24, 2.45) is 0 Å². The summed E-state index contributed by atoms with van der Waals surface area (Å²) in [6, 6.07) is -0.634. The zero-order valence-corrected chi connectivity index (χ0v) is 8.32. The fourth-order valence-electron chi connectivity index (χ4n) is 1.64. The Kier molecular flexibility index (Phi) is 3.73. The molecular weight excluding hydrogens is 184 g/mol. The molecule has 1 heterocycles. The van der Waals surface area contributed by atoms with Crippen molar-refractivity contribution in [3.63, 3.8) is 0 Å². The van der Waals surface area contributed by atoms with E-state index in [1.165, 1.54) is 0 Å². The van der Waals surface area contributed by atoms with Gasteiger partial charge in [0.2, 0.25) is 5.91 Å². The van der Waals surface area contributed by atoms with Crippen molar-refractivity contribution in [1.29, 1.82) is 0 Å². The second kappa shape index (κ2) is 4.83. The molecule has 1 saturated heterocycles. The molecule has 0 aromatic rings. The monoisotopic (exact) mass is 200 g/mol. The van der Waals surface area contributed by atoms with Gasteiger partial charge in [0.25, 0.3) is 0 Å². The highest BCUT2D eigenvalue weighted by Crippen LogP contribution is 2.09. The normalized spacial score (nSPS) is 18.8. The predicted molar refractivity (Wildman–Crippen MR) is 51.1 cm³/mol. The van der Waals surface area contributed by atoms with E-state index in [0.717, 1.165) is 32.4 Å². The van der Waals surface area contributed by atoms with Crippen LogP contribution in [0.15, 0.2) is 0 Å². The first-order valence-corrected chi connectivity index (χ1v) is 4.89. The van der Waals surface area contributed by atoms with Crippen LogP contribution in [0.3, 0.4) is 0 Å². The van der Waals surface area contributed by atoms with Crippen LogP contribution >= 0.6 is 0 Å². The van der Waals surface area contributed by atoms with Crippen LogP contribution in [-0.4, -0.2) is 41.1 Å². The Balaban J connectivity index is 2.42. The van der Waals surface area contributed by atoms with Crippen LogP contribution in [-0.2, 0) is 4.79 Å². The Morgan fingerprint density at radius 1 is 1.29 bits per heavy atom. The van der Waals surface area contributed by atoms with Crippen molar-refractivity contribution in [3.05, 3.63) is 0 Å². The van der Waals surface area contributed by atoms with Crippen LogP contribution in [0.1, 0.15) is 26.2 Å². The van der Waals surface area contributed by atoms with E-state index in [-0.39, 0.29) is 5.91 Å². The Morgan fingerprint density at radius 2 is 1.86 bits per heavy atom. The van der Waals surface area contributed by atoms with Gasteiger partial charge in [-0.1, -0.05) is 0 Å². The van der Waals surface area contributed by atoms with Crippen molar-refractivity contribution < 1.29 is 14.7 Å². The molecule has 0 aliphatic carbocycles. The van der Waals surface area contributed by atoms with Gasteiger partial charge >= 0.3 is 6.09 Å². The van der Waals surface area contributed by atoms with Crippen molar-refractivity contribution >= 4 is 12.0 Å². The minimum Gasteiger partial charge on any atom is -0.465 e. The molecular formula is C9H16N2O3. The molecule has 0 unspecified atom stereocenters. The van der Waals surface area contributed by atoms with Gasteiger partial charge in [0.1, 0.15) is 6.04 Å². The maximum Gasteiger partial charge on any atom is 0.405 e. The zero-order valence-electron chi connectivity index (χ0n) is 8.32. The van der Waals surface area contributed by atoms with Gasteiger partial charge in [0, 0.05) is 13.1 Å². The zero-order chi connectivity index (χ0) is 10.6. The van der Waals surface area contributed by atoms with E-state index < -0.39 is 12.1 Å². The lowest BCUT2D eigenvalue weighted by Crippen LogP contribution is -2.48. The third-order valence-corrected chi connectivity index (χ3v) is 2.38. The molecule has 1 aliphatic heterocycles. The second-order valence-electron chi connectivity index (χ2n) is 3.56. The van der Waals surface area contributed by atoms with Crippen molar-refractivity contribution in [2.45, 2.75) is 32.2 Å². The molecule has 0 saturated carbocycles. The summed E-state index contributed by atoms with van der Waals surface area (Å²) in [5.74, 6) is -0.118. The summed E-state index contributed by atoms with van der Waals surface area (Å²) in [6.45, 7) is 3.08. The number of nitrogens with one attached hydrogen (secondary N) is 1. The summed E-state index contributed by atoms with van der Waals surface area (Å²) >= 11 is 0. The number of hydrogen-bond acceptors (Lipinski definition) is 2. The van der Waals surface area contributed by atoms with Gasteiger partial charge in [0.15, 0.2) is 0 Å². The number of hydrogen-bond donors (Lipinski definition) is 2. The highest BCUT2D eigenvalue weighted by molar-refractivity contribution is 5.84. The SMILES string of the molecule is C[C@@H](NC(=O)O)C(=O)N1CCCCC1. The molecule has 5 heteroatoms. The molecule has 1 atom stereocenters. The van der Waals surface area contributed by atoms with Crippen molar-refractivity contribution in [1.82, 2.24) is 10.2 Å². The molecule has 1 aliphatic rings. The van der Waals surface area contributed by atoms with Gasteiger partial charge < -0.3 is 15.3 Å². The fraction of sp³-hybridized carbons (Fsp3) is 0.778. The first-order chi connectivity index (χ1) is 6.61. The van der Waals surface area contributed by atoms with Crippen molar-refractivity contribution in [3.8, 4) is 0 Å². The van der Waals surface area contributed by atoms with Crippen LogP contribution in [0.2, 0.25) is 0 Å². The van der Waals surface area contributed by atoms with Crippen LogP contribution in [0.4, 0.5) is 4.79 Å². The van der Waals surface area contributed by atoms with Crippen LogP contribution in [0.5, 0.6) is 0 Å². The first kappa shape index (κ1) is 10.8. The second-order valence-corrected chi connectivity index (χ2v) is 3.56. The van der Waals surface area contributed by atoms with E-state index in [1.807, 2.05) is 0 Å². The fourth-order valence-corrected chi connectivity index (χ4v) is 1.64. The number of likely N-dealkylation sites (tertiary alicyclic amines) is 1. The van der Waals surface area contributed by atoms with Crippen molar-refractivity contribution in [2.75, 3.05) is 13.1 Å². The van der Waals surface area contributed by atoms with Gasteiger partial charge in [-0.3, -0.25) is 4.79 Å². The maximum absolute atomic E-state index is 11.6. The molecule has 0 aromatic heterocycles. The number of amides is 2. The average molecular weight is 200 g/mol. The molecule has 5 nitrogen and oxygen atoms in total. The lowest BCUT2D eigenvalue weighted by atomic mass is 10.1. The number of carbonyl (C=O) groups is 2. The molecule has 1 rings (SSSR count). The summed E-state index contributed by atoms with van der Waals surface area (Å²) in [5.41, 5.74) is 0. The minimum atomic E-state index is -1.15. The molecule has 14 heavy (non-hydrogen) atoms. The van der Waals surface area contributed by atoms with Gasteiger partial charge in [-0.2, -0.15) is 0 Å². The lowest BCUT2D eigenvalue weighted by Gasteiger charge is -2.29. The standard InChI is InChI=1S/C9H16N2O3/c1-7(10-9(13)14)8(12)11-5-3-2-4-6-11/h7,10H,2-6H2,1H3,(H,13,14)/t7-/m1/s1. The molecule has 1 fully saturated rings. The van der Waals surface area contributed by atoms with Gasteiger partial charge in [0.05, 0.1) is 0 Å². The summed E-state index contributed by atoms with van der Waals surface area (Å²) in [6.07, 6.45) is 2.05. The average Bonchev–Trinajstić information content (AvgIpc) is 2.17. The minimum absolute atomic E-state index is 0.118. The Bertz CT molecular complexity index is 224. The Morgan fingerprint density at radius 3 is 2.36 bits per heavy atom. The van der Waals surface area contributed by atoms with E-state index in [2.05, 4.69) is 5.32 Å². The highest BCUT2D eigenvalue weighted by atomic mass is 16.4. The van der Waals surface area contributed by atoms with E-state index >= 15 is 0 Å². The number of rotatable bonds is 2. The third kappa shape index (κ3) is 2.90. The lowest BCUT2D eigenvalue weighted by molar-refractivity contribution is -0.133. The number of carboxylic acid groups (broad SMARTS) is 1. The largest absolute Gasteiger partial charge is 0.465 e. The summed E-state index contributed by atoms with van der Waals surface area (Å²) in [5, 5.41) is 10.6. The van der Waals surface area contributed by atoms with Gasteiger partial charge in [-0.25, -0.2) is 4.79 Å². The van der Waals surface area contributed by atoms with Gasteiger partial charge in [-0.15, -0.1) is 0 Å². The molecule has 0 bridgehead atoms. The Hall–Kier alpha value is -1.26. The molecule has 0 aromatic carbocycles. The Labute approximate surface area is 83.1 Å². The van der Waals surface area contributed by atoms with Crippen LogP contribution in [0.25, 0.3) is 0 Å². The summed E-state index contributed by atoms with van der Waals surface area (Å²) in [4.78, 5) is 23.7. The highest BCUT2D eigenvalue weighted by Gasteiger charge is 2.22. The molecule has 0 radical (unpaired) electrons. The number of nitrogens with zero attached hydrogens (tertiary/aromatic N) is 1. The molecule has 0 spiro atoms. The van der Waals surface area contributed by atoms with E-state index in [9.17, 15) is 9.59 Å².